The Bertz CT molecular complexity index is 1190. The molecule has 1 atom stereocenters. The summed E-state index contributed by atoms with van der Waals surface area (Å²) in [4.78, 5) is 24.4. The van der Waals surface area contributed by atoms with Gasteiger partial charge in [-0.1, -0.05) is 66.7 Å². The predicted molar refractivity (Wildman–Crippen MR) is 133 cm³/mol. The molecule has 4 rings (SSSR count). The van der Waals surface area contributed by atoms with Crippen LogP contribution in [0, 0.1) is 0 Å². The lowest BCUT2D eigenvalue weighted by molar-refractivity contribution is -0.141. The van der Waals surface area contributed by atoms with E-state index < -0.39 is 30.3 Å². The number of fused-ring (bicyclic) bond motifs is 1. The standard InChI is InChI=1S/C27H30BNO5/c1-26(2)27(3,4)34-28(33-26)22-13-10-18(11-14-22)16-23(25(31)32)29-24(30)17-19-9-12-20-7-5-6-8-21(20)15-19/h5-15,23H,16-17H2,1-4H3,(H,29,30)(H,31,32)/t23-/m1/s1. The minimum Gasteiger partial charge on any atom is -0.480 e. The van der Waals surface area contributed by atoms with E-state index in [4.69, 9.17) is 9.31 Å². The van der Waals surface area contributed by atoms with Crippen LogP contribution in [-0.2, 0) is 31.7 Å². The molecule has 0 aliphatic carbocycles. The maximum atomic E-state index is 12.6. The lowest BCUT2D eigenvalue weighted by Gasteiger charge is -2.32. The Labute approximate surface area is 200 Å². The number of carbonyl (C=O) groups is 2. The lowest BCUT2D eigenvalue weighted by Crippen LogP contribution is -2.43. The molecule has 0 unspecified atom stereocenters. The van der Waals surface area contributed by atoms with Gasteiger partial charge in [-0.2, -0.15) is 0 Å². The van der Waals surface area contributed by atoms with Crippen molar-refractivity contribution in [1.82, 2.24) is 5.32 Å². The minimum absolute atomic E-state index is 0.121. The summed E-state index contributed by atoms with van der Waals surface area (Å²) in [6.45, 7) is 8.00. The quantitative estimate of drug-likeness (QED) is 0.529. The number of nitrogens with one attached hydrogen (secondary N) is 1. The summed E-state index contributed by atoms with van der Waals surface area (Å²) in [6.07, 6.45) is 0.303. The monoisotopic (exact) mass is 459 g/mol. The van der Waals surface area contributed by atoms with Crippen LogP contribution in [0.25, 0.3) is 10.8 Å². The van der Waals surface area contributed by atoms with Gasteiger partial charge in [-0.3, -0.25) is 4.79 Å². The highest BCUT2D eigenvalue weighted by Gasteiger charge is 2.51. The van der Waals surface area contributed by atoms with Crippen LogP contribution >= 0.6 is 0 Å². The van der Waals surface area contributed by atoms with Crippen molar-refractivity contribution in [3.8, 4) is 0 Å². The highest BCUT2D eigenvalue weighted by molar-refractivity contribution is 6.62. The van der Waals surface area contributed by atoms with E-state index in [1.54, 1.807) is 0 Å². The average Bonchev–Trinajstić information content (AvgIpc) is 3.00. The summed E-state index contributed by atoms with van der Waals surface area (Å²) in [6, 6.07) is 20.2. The maximum Gasteiger partial charge on any atom is 0.494 e. The van der Waals surface area contributed by atoms with Crippen LogP contribution in [0.1, 0.15) is 38.8 Å². The Morgan fingerprint density at radius 3 is 2.09 bits per heavy atom. The molecule has 1 fully saturated rings. The number of hydrogen-bond donors (Lipinski definition) is 2. The van der Waals surface area contributed by atoms with Gasteiger partial charge in [0.1, 0.15) is 6.04 Å². The molecule has 3 aromatic carbocycles. The van der Waals surface area contributed by atoms with Crippen LogP contribution in [0.4, 0.5) is 0 Å². The number of rotatable bonds is 7. The van der Waals surface area contributed by atoms with E-state index >= 15 is 0 Å². The lowest BCUT2D eigenvalue weighted by atomic mass is 9.78. The van der Waals surface area contributed by atoms with Crippen molar-refractivity contribution >= 4 is 35.2 Å². The van der Waals surface area contributed by atoms with Gasteiger partial charge in [-0.25, -0.2) is 4.79 Å². The zero-order chi connectivity index (χ0) is 24.5. The second-order valence-corrected chi connectivity index (χ2v) is 9.85. The number of benzene rings is 3. The molecule has 1 saturated heterocycles. The molecule has 0 radical (unpaired) electrons. The van der Waals surface area contributed by atoms with Gasteiger partial charge in [0.05, 0.1) is 17.6 Å². The number of aliphatic carboxylic acids is 1. The van der Waals surface area contributed by atoms with Crippen molar-refractivity contribution in [2.24, 2.45) is 0 Å². The van der Waals surface area contributed by atoms with Crippen molar-refractivity contribution in [3.05, 3.63) is 77.9 Å². The molecule has 1 aliphatic rings. The molecule has 0 bridgehead atoms. The normalized spacial score (nSPS) is 17.5. The first-order valence-corrected chi connectivity index (χ1v) is 11.5. The van der Waals surface area contributed by atoms with Gasteiger partial charge in [-0.15, -0.1) is 0 Å². The van der Waals surface area contributed by atoms with Crippen LogP contribution in [0.2, 0.25) is 0 Å². The smallest absolute Gasteiger partial charge is 0.480 e. The van der Waals surface area contributed by atoms with Gasteiger partial charge < -0.3 is 19.7 Å². The second kappa shape index (κ2) is 9.24. The molecule has 6 nitrogen and oxygen atoms in total. The van der Waals surface area contributed by atoms with Gasteiger partial charge in [0.25, 0.3) is 0 Å². The van der Waals surface area contributed by atoms with Gasteiger partial charge in [0, 0.05) is 6.42 Å². The highest BCUT2D eigenvalue weighted by Crippen LogP contribution is 2.36. The first kappa shape index (κ1) is 24.0. The third-order valence-electron chi connectivity index (χ3n) is 6.76. The zero-order valence-electron chi connectivity index (χ0n) is 20.0. The second-order valence-electron chi connectivity index (χ2n) is 9.85. The summed E-state index contributed by atoms with van der Waals surface area (Å²) in [5.74, 6) is -1.39. The average molecular weight is 459 g/mol. The fourth-order valence-corrected chi connectivity index (χ4v) is 4.01. The molecule has 0 saturated carbocycles. The molecule has 0 aromatic heterocycles. The van der Waals surface area contributed by atoms with Crippen molar-refractivity contribution in [2.75, 3.05) is 0 Å². The summed E-state index contributed by atoms with van der Waals surface area (Å²) in [5, 5.41) is 14.5. The Balaban J connectivity index is 1.39. The number of hydrogen-bond acceptors (Lipinski definition) is 4. The third-order valence-corrected chi connectivity index (χ3v) is 6.76. The molecular weight excluding hydrogens is 429 g/mol. The van der Waals surface area contributed by atoms with E-state index in [1.807, 2.05) is 94.4 Å². The summed E-state index contributed by atoms with van der Waals surface area (Å²) < 4.78 is 12.1. The molecule has 0 spiro atoms. The molecule has 1 heterocycles. The summed E-state index contributed by atoms with van der Waals surface area (Å²) in [5.41, 5.74) is 1.65. The number of carbonyl (C=O) groups excluding carboxylic acids is 1. The summed E-state index contributed by atoms with van der Waals surface area (Å²) in [7, 11) is -0.476. The fraction of sp³-hybridized carbons (Fsp3) is 0.333. The van der Waals surface area contributed by atoms with Crippen molar-refractivity contribution in [1.29, 1.82) is 0 Å². The van der Waals surface area contributed by atoms with E-state index in [1.165, 1.54) is 0 Å². The fourth-order valence-electron chi connectivity index (χ4n) is 4.01. The summed E-state index contributed by atoms with van der Waals surface area (Å²) >= 11 is 0. The van der Waals surface area contributed by atoms with Crippen LogP contribution in [0.15, 0.2) is 66.7 Å². The minimum atomic E-state index is -1.07. The molecule has 34 heavy (non-hydrogen) atoms. The number of amides is 1. The third kappa shape index (κ3) is 5.16. The van der Waals surface area contributed by atoms with Crippen LogP contribution in [0.3, 0.4) is 0 Å². The topological polar surface area (TPSA) is 84.9 Å². The van der Waals surface area contributed by atoms with Crippen molar-refractivity contribution < 1.29 is 24.0 Å². The van der Waals surface area contributed by atoms with E-state index in [0.29, 0.717) is 0 Å². The molecule has 3 aromatic rings. The van der Waals surface area contributed by atoms with Gasteiger partial charge in [-0.05, 0) is 55.1 Å². The first-order valence-electron chi connectivity index (χ1n) is 11.5. The van der Waals surface area contributed by atoms with Gasteiger partial charge >= 0.3 is 13.1 Å². The van der Waals surface area contributed by atoms with E-state index in [9.17, 15) is 14.7 Å². The van der Waals surface area contributed by atoms with Crippen molar-refractivity contribution in [2.45, 2.75) is 57.8 Å². The Morgan fingerprint density at radius 1 is 0.882 bits per heavy atom. The first-order chi connectivity index (χ1) is 16.0. The SMILES string of the molecule is CC1(C)OB(c2ccc(C[C@@H](NC(=O)Cc3ccc4ccccc4c3)C(=O)O)cc2)OC1(C)C. The molecular formula is C27H30BNO5. The van der Waals surface area contributed by atoms with E-state index in [-0.39, 0.29) is 18.7 Å². The predicted octanol–water partition coefficient (Wildman–Crippen LogP) is 3.49. The maximum absolute atomic E-state index is 12.6. The van der Waals surface area contributed by atoms with Crippen LogP contribution in [0.5, 0.6) is 0 Å². The molecule has 2 N–H and O–H groups in total. The van der Waals surface area contributed by atoms with Crippen molar-refractivity contribution in [3.63, 3.8) is 0 Å². The number of carboxylic acids is 1. The van der Waals surface area contributed by atoms with Gasteiger partial charge in [0.15, 0.2) is 0 Å². The number of carboxylic acid groups (broad SMARTS) is 1. The Morgan fingerprint density at radius 2 is 1.47 bits per heavy atom. The highest BCUT2D eigenvalue weighted by atomic mass is 16.7. The Hall–Kier alpha value is -3.16. The van der Waals surface area contributed by atoms with Gasteiger partial charge in [0.2, 0.25) is 5.91 Å². The van der Waals surface area contributed by atoms with Crippen LogP contribution < -0.4 is 10.8 Å². The Kier molecular flexibility index (Phi) is 6.52. The van der Waals surface area contributed by atoms with E-state index in [0.717, 1.165) is 27.4 Å². The largest absolute Gasteiger partial charge is 0.494 e. The molecule has 1 amide bonds. The zero-order valence-corrected chi connectivity index (χ0v) is 20.0. The van der Waals surface area contributed by atoms with E-state index in [2.05, 4.69) is 5.32 Å². The molecule has 7 heteroatoms. The molecule has 176 valence electrons. The van der Waals surface area contributed by atoms with Crippen LogP contribution in [-0.4, -0.2) is 41.3 Å². The molecule has 1 aliphatic heterocycles.